The number of hydrogen-bond acceptors (Lipinski definition) is 7. The van der Waals surface area contributed by atoms with Crippen LogP contribution in [0.4, 0.5) is 0 Å². The summed E-state index contributed by atoms with van der Waals surface area (Å²) in [6.45, 7) is 31.4. The Morgan fingerprint density at radius 1 is 1.08 bits per heavy atom. The van der Waals surface area contributed by atoms with Crippen LogP contribution < -0.4 is 86.3 Å². The third kappa shape index (κ3) is 34.8. The molecule has 2 atom stereocenters. The molecule has 1 aromatic heterocycles. The first-order valence-corrected chi connectivity index (χ1v) is 21.2. The van der Waals surface area contributed by atoms with Crippen LogP contribution in [-0.2, 0) is 31.0 Å². The molecule has 1 saturated heterocycles. The van der Waals surface area contributed by atoms with Crippen LogP contribution in [0.2, 0.25) is 0 Å². The summed E-state index contributed by atoms with van der Waals surface area (Å²) in [5, 5.41) is 15.4. The fourth-order valence-electron chi connectivity index (χ4n) is 5.38. The predicted molar refractivity (Wildman–Crippen MR) is 250 cm³/mol. The first-order chi connectivity index (χ1) is 27.9. The number of likely N-dealkylation sites (N-methyl/N-ethyl adjacent to an activating group) is 1. The van der Waals surface area contributed by atoms with E-state index in [1.165, 1.54) is 23.8 Å². The van der Waals surface area contributed by atoms with Crippen LogP contribution in [0, 0.1) is 19.3 Å². The molecule has 12 nitrogen and oxygen atoms in total. The molecule has 1 aliphatic heterocycles. The summed E-state index contributed by atoms with van der Waals surface area (Å²) in [5.41, 5.74) is 5.47. The second kappa shape index (κ2) is 49.8. The van der Waals surface area contributed by atoms with Crippen molar-refractivity contribution in [3.63, 3.8) is 0 Å². The molecule has 0 radical (unpaired) electrons. The second-order valence-electron chi connectivity index (χ2n) is 12.6. The third-order valence-electron chi connectivity index (χ3n) is 8.03. The maximum absolute atomic E-state index is 14.0. The van der Waals surface area contributed by atoms with Crippen molar-refractivity contribution in [1.29, 1.82) is 0 Å². The van der Waals surface area contributed by atoms with E-state index in [0.717, 1.165) is 35.5 Å². The van der Waals surface area contributed by atoms with Crippen molar-refractivity contribution in [2.24, 2.45) is 18.9 Å². The second-order valence-corrected chi connectivity index (χ2v) is 13.1. The van der Waals surface area contributed by atoms with E-state index in [1.807, 2.05) is 100 Å². The number of nitrogens with zero attached hydrogens (tertiary/aromatic N) is 5. The summed E-state index contributed by atoms with van der Waals surface area (Å²) in [4.78, 5) is 51.7. The first kappa shape index (κ1) is 74.2. The van der Waals surface area contributed by atoms with Gasteiger partial charge in [0.05, 0.1) is 12.8 Å². The number of aromatic nitrogens is 2. The van der Waals surface area contributed by atoms with Gasteiger partial charge in [-0.2, -0.15) is 5.10 Å². The Balaban J connectivity index is -0.000000265. The van der Waals surface area contributed by atoms with Gasteiger partial charge in [-0.1, -0.05) is 130 Å². The topological polar surface area (TPSA) is 148 Å². The van der Waals surface area contributed by atoms with Crippen molar-refractivity contribution in [2.45, 2.75) is 127 Å². The van der Waals surface area contributed by atoms with Gasteiger partial charge in [-0.05, 0) is 49.3 Å². The van der Waals surface area contributed by atoms with E-state index in [-0.39, 0.29) is 113 Å². The number of rotatable bonds is 17. The monoisotopic (exact) mass is 912 g/mol. The molecule has 0 bridgehead atoms. The van der Waals surface area contributed by atoms with E-state index < -0.39 is 18.0 Å². The molecule has 2 heterocycles. The molecule has 2 unspecified atom stereocenters. The molecule has 1 aromatic rings. The van der Waals surface area contributed by atoms with Gasteiger partial charge in [-0.15, -0.1) is 6.54 Å². The van der Waals surface area contributed by atoms with Gasteiger partial charge in [-0.25, -0.2) is 0 Å². The minimum atomic E-state index is -0.816. The van der Waals surface area contributed by atoms with Crippen LogP contribution in [0.3, 0.4) is 0 Å². The number of nitrogens with one attached hydrogen (secondary N) is 1. The Labute approximate surface area is 442 Å². The van der Waals surface area contributed by atoms with E-state index in [2.05, 4.69) is 29.3 Å². The minimum absolute atomic E-state index is 0. The number of hydrogen-bond donors (Lipinski definition) is 2. The zero-order valence-corrected chi connectivity index (χ0v) is 47.3. The summed E-state index contributed by atoms with van der Waals surface area (Å²) in [6.07, 6.45) is 18.8. The summed E-state index contributed by atoms with van der Waals surface area (Å²) < 4.78 is 6.67. The number of carbonyl (C=O) groups is 3. The van der Waals surface area contributed by atoms with E-state index in [4.69, 9.17) is 26.3 Å². The van der Waals surface area contributed by atoms with Crippen molar-refractivity contribution < 1.29 is 110 Å². The van der Waals surface area contributed by atoms with Crippen LogP contribution in [0.15, 0.2) is 66.0 Å². The zero-order chi connectivity index (χ0) is 45.6. The van der Waals surface area contributed by atoms with E-state index in [1.54, 1.807) is 49.3 Å². The Hall–Kier alpha value is -1.20. The molecule has 61 heavy (non-hydrogen) atoms. The number of ether oxygens (including phenoxy) is 1. The summed E-state index contributed by atoms with van der Waals surface area (Å²) in [5.74, 6) is 0.00846. The maximum Gasteiger partial charge on any atom is 1.00 e. The van der Waals surface area contributed by atoms with Crippen molar-refractivity contribution in [1.82, 2.24) is 24.9 Å². The Morgan fingerprint density at radius 3 is 2.02 bits per heavy atom. The number of hydroxylamine groups is 1. The Kier molecular flexibility index (Phi) is 60.6. The van der Waals surface area contributed by atoms with Gasteiger partial charge in [0.2, 0.25) is 17.7 Å². The average molecular weight is 913 g/mol. The molecular formula is C46H82ClKN6NaO6-. The Bertz CT molecular complexity index is 1360. The molecule has 2 aliphatic rings. The van der Waals surface area contributed by atoms with Gasteiger partial charge in [0.15, 0.2) is 0 Å². The fourth-order valence-corrected chi connectivity index (χ4v) is 5.51. The molecule has 1 saturated carbocycles. The molecule has 2 fully saturated rings. The summed E-state index contributed by atoms with van der Waals surface area (Å²) >= 11 is 6.27. The van der Waals surface area contributed by atoms with E-state index >= 15 is 0 Å². The van der Waals surface area contributed by atoms with Gasteiger partial charge in [0.25, 0.3) is 0 Å². The largest absolute Gasteiger partial charge is 1.00 e. The molecule has 15 heteroatoms. The number of aryl methyl sites for hydroxylation is 1. The van der Waals surface area contributed by atoms with E-state index in [9.17, 15) is 14.4 Å². The van der Waals surface area contributed by atoms with Crippen LogP contribution in [0.25, 0.3) is 11.1 Å². The van der Waals surface area contributed by atoms with Crippen molar-refractivity contribution in [2.75, 3.05) is 40.4 Å². The standard InChI is InChI=1S/C32H46ClN5O4.C4H8NO.4C2H6.CHO.CH3.K.Na/c1-8-27(26-21-34-36(5)22-26)25(19-24(4)33)20-29(32(41)38-15-11-12-16-38)37(6)31(40)28(18-23(2)3)35-30(39)14-10-9-13-17-42-7;6-5-3-4-1-2-4;5*1-2;;;/h8-10,13-14,19,21-23,28-29H,4,11-12,15-18,20H2,1-3,5-7H3,(H,35,39);4,6H,1-3H2;4*1-2H3;1H;1H3;;/q;-1;;;;;2*-1;2*+1/b13-9+,14-10-,25-19-,27-8+;;;;;;;;;. The number of methoxy groups -OCH3 is 1. The number of carbonyl (C=O) groups excluding carboxylic acids is 4. The quantitative estimate of drug-likeness (QED) is 0.0599. The smallest absolute Gasteiger partial charge is 0.545 e. The summed E-state index contributed by atoms with van der Waals surface area (Å²) in [7, 11) is 5.06. The van der Waals surface area contributed by atoms with Crippen molar-refractivity contribution in [3.05, 3.63) is 84.5 Å². The van der Waals surface area contributed by atoms with Gasteiger partial charge in [0, 0.05) is 63.6 Å². The molecule has 342 valence electrons. The first-order valence-electron chi connectivity index (χ1n) is 20.8. The SMILES string of the molecule is C=C(Cl)/C=C(CC(C(=O)N1CCCC1)N(C)C(=O)C(CC(C)C)NC(=O)/C=C\C=C\COC)\C(=C/C)c1cnn(C)c1.CC.CC.CC.CC.O[N-]CC1CC1.[CH-]=O.[CH3-].[K+].[Na+]. The normalized spacial score (nSPS) is 13.6. The van der Waals surface area contributed by atoms with Crippen LogP contribution >= 0.6 is 11.6 Å². The minimum Gasteiger partial charge on any atom is -0.545 e. The Morgan fingerprint density at radius 2 is 1.62 bits per heavy atom. The van der Waals surface area contributed by atoms with E-state index in [0.29, 0.717) is 37.7 Å². The zero-order valence-electron chi connectivity index (χ0n) is 41.4. The fraction of sp³-hybridized carbons (Fsp3) is 0.609. The molecule has 0 spiro atoms. The molecule has 3 rings (SSSR count). The molecular weight excluding hydrogens is 830 g/mol. The third-order valence-corrected chi connectivity index (χ3v) is 8.14. The number of amides is 3. The van der Waals surface area contributed by atoms with Crippen molar-refractivity contribution >= 4 is 41.7 Å². The maximum atomic E-state index is 14.0. The molecule has 2 N–H and O–H groups in total. The van der Waals surface area contributed by atoms with Crippen LogP contribution in [0.5, 0.6) is 0 Å². The summed E-state index contributed by atoms with van der Waals surface area (Å²) in [6, 6.07) is -1.62. The van der Waals surface area contributed by atoms with Crippen LogP contribution in [-0.4, -0.2) is 102 Å². The molecule has 0 aromatic carbocycles. The number of likely N-dealkylation sites (tertiary alicyclic amines) is 1. The van der Waals surface area contributed by atoms with Crippen LogP contribution in [0.1, 0.15) is 120 Å². The number of halogens is 1. The van der Waals surface area contributed by atoms with Gasteiger partial charge >= 0.3 is 80.9 Å². The number of allylic oxidation sites excluding steroid dienone is 6. The predicted octanol–water partition coefficient (Wildman–Crippen LogP) is 4.08. The average Bonchev–Trinajstić information content (AvgIpc) is 3.68. The van der Waals surface area contributed by atoms with Gasteiger partial charge < -0.3 is 42.8 Å². The molecule has 3 amide bonds. The van der Waals surface area contributed by atoms with Crippen molar-refractivity contribution in [3.8, 4) is 0 Å². The van der Waals surface area contributed by atoms with Gasteiger partial charge in [-0.3, -0.25) is 25.9 Å². The molecule has 1 aliphatic carbocycles. The van der Waals surface area contributed by atoms with Gasteiger partial charge in [0.1, 0.15) is 12.1 Å².